The van der Waals surface area contributed by atoms with Crippen LogP contribution >= 0.6 is 0 Å². The molecule has 0 saturated carbocycles. The maximum Gasteiger partial charge on any atom is 0.410 e. The number of aromatic nitrogens is 1. The van der Waals surface area contributed by atoms with E-state index >= 15 is 0 Å². The van der Waals surface area contributed by atoms with Gasteiger partial charge in [0.1, 0.15) is 28.1 Å². The highest BCUT2D eigenvalue weighted by Gasteiger charge is 2.28. The van der Waals surface area contributed by atoms with Crippen LogP contribution < -0.4 is 0 Å². The van der Waals surface area contributed by atoms with E-state index in [0.29, 0.717) is 64.2 Å². The third kappa shape index (κ3) is 13.0. The Hall–Kier alpha value is -3.80. The van der Waals surface area contributed by atoms with Gasteiger partial charge in [0.15, 0.2) is 0 Å². The van der Waals surface area contributed by atoms with Crippen LogP contribution in [0.5, 0.6) is 5.75 Å². The summed E-state index contributed by atoms with van der Waals surface area (Å²) >= 11 is 0. The number of pyridine rings is 1. The van der Waals surface area contributed by atoms with Crippen molar-refractivity contribution in [2.75, 3.05) is 52.4 Å². The highest BCUT2D eigenvalue weighted by atomic mass is 16.6. The van der Waals surface area contributed by atoms with Crippen molar-refractivity contribution in [3.8, 4) is 5.75 Å². The molecule has 0 atom stereocenters. The molecule has 12 heteroatoms. The van der Waals surface area contributed by atoms with Gasteiger partial charge in [-0.1, -0.05) is 12.1 Å². The van der Waals surface area contributed by atoms with Crippen LogP contribution in [0.3, 0.4) is 0 Å². The number of nitrogens with zero attached hydrogens (tertiary/aromatic N) is 5. The first-order valence-corrected chi connectivity index (χ1v) is 17.0. The zero-order chi connectivity index (χ0) is 35.7. The molecule has 1 aromatic heterocycles. The minimum Gasteiger partial charge on any atom is -0.506 e. The van der Waals surface area contributed by atoms with Crippen molar-refractivity contribution in [2.45, 2.75) is 105 Å². The highest BCUT2D eigenvalue weighted by Crippen LogP contribution is 2.26. The van der Waals surface area contributed by atoms with Gasteiger partial charge in [-0.05, 0) is 106 Å². The Morgan fingerprint density at radius 1 is 0.646 bits per heavy atom. The van der Waals surface area contributed by atoms with Gasteiger partial charge in [-0.2, -0.15) is 0 Å². The summed E-state index contributed by atoms with van der Waals surface area (Å²) in [4.78, 5) is 51.6. The number of hydrogen-bond donors (Lipinski definition) is 1. The van der Waals surface area contributed by atoms with Gasteiger partial charge in [0, 0.05) is 63.9 Å². The van der Waals surface area contributed by atoms with Gasteiger partial charge in [-0.3, -0.25) is 9.88 Å². The van der Waals surface area contributed by atoms with E-state index in [0.717, 1.165) is 17.4 Å². The number of carbonyl (C=O) groups excluding carboxylic acids is 3. The molecule has 3 amide bonds. The van der Waals surface area contributed by atoms with Crippen LogP contribution in [0.4, 0.5) is 14.4 Å². The van der Waals surface area contributed by atoms with E-state index in [1.54, 1.807) is 27.0 Å². The second-order valence-corrected chi connectivity index (χ2v) is 15.4. The van der Waals surface area contributed by atoms with Crippen molar-refractivity contribution in [3.05, 3.63) is 36.0 Å². The van der Waals surface area contributed by atoms with Crippen LogP contribution in [0, 0.1) is 0 Å². The van der Waals surface area contributed by atoms with E-state index < -0.39 is 35.1 Å². The van der Waals surface area contributed by atoms with Crippen LogP contribution in [-0.2, 0) is 20.8 Å². The lowest BCUT2D eigenvalue weighted by atomic mass is 10.1. The Morgan fingerprint density at radius 2 is 1.10 bits per heavy atom. The lowest BCUT2D eigenvalue weighted by Gasteiger charge is -2.32. The molecule has 0 unspecified atom stereocenters. The summed E-state index contributed by atoms with van der Waals surface area (Å²) in [6.07, 6.45) is 2.32. The summed E-state index contributed by atoms with van der Waals surface area (Å²) in [5.74, 6) is 0.130. The van der Waals surface area contributed by atoms with Crippen molar-refractivity contribution in [2.24, 2.45) is 0 Å². The van der Waals surface area contributed by atoms with Crippen LogP contribution in [-0.4, -0.2) is 117 Å². The van der Waals surface area contributed by atoms with Gasteiger partial charge in [0.2, 0.25) is 0 Å². The van der Waals surface area contributed by atoms with Crippen molar-refractivity contribution in [1.29, 1.82) is 0 Å². The molecule has 1 fully saturated rings. The fraction of sp³-hybridized carbons (Fsp3) is 0.667. The Labute approximate surface area is 286 Å². The van der Waals surface area contributed by atoms with Crippen molar-refractivity contribution in [3.63, 3.8) is 0 Å². The van der Waals surface area contributed by atoms with Crippen LogP contribution in [0.15, 0.2) is 30.5 Å². The Balaban J connectivity index is 1.91. The van der Waals surface area contributed by atoms with E-state index in [2.05, 4.69) is 9.88 Å². The highest BCUT2D eigenvalue weighted by molar-refractivity contribution is 5.87. The van der Waals surface area contributed by atoms with E-state index in [-0.39, 0.29) is 18.8 Å². The van der Waals surface area contributed by atoms with Crippen molar-refractivity contribution >= 4 is 29.2 Å². The first kappa shape index (κ1) is 38.6. The number of carbonyl (C=O) groups is 3. The fourth-order valence-electron chi connectivity index (χ4n) is 5.32. The Kier molecular flexibility index (Phi) is 13.3. The molecule has 3 rings (SSSR count). The lowest BCUT2D eigenvalue weighted by Crippen LogP contribution is -2.46. The van der Waals surface area contributed by atoms with Gasteiger partial charge in [0.25, 0.3) is 0 Å². The number of hydrogen-bond acceptors (Lipinski definition) is 9. The molecular formula is C36H57N5O7. The molecule has 1 aromatic carbocycles. The minimum absolute atomic E-state index is 0.130. The van der Waals surface area contributed by atoms with E-state index in [1.807, 2.05) is 80.5 Å². The third-order valence-electron chi connectivity index (χ3n) is 7.52. The summed E-state index contributed by atoms with van der Waals surface area (Å²) in [5.41, 5.74) is -0.460. The van der Waals surface area contributed by atoms with E-state index in [4.69, 9.17) is 14.2 Å². The summed E-state index contributed by atoms with van der Waals surface area (Å²) in [5, 5.41) is 11.3. The largest absolute Gasteiger partial charge is 0.506 e. The topological polar surface area (TPSA) is 125 Å². The maximum atomic E-state index is 13.4. The number of ether oxygens (including phenoxy) is 3. The van der Waals surface area contributed by atoms with Gasteiger partial charge in [-0.25, -0.2) is 14.4 Å². The SMILES string of the molecule is CC(C)(C)OC(=O)N1CCCN(C(=O)OC(C)(C)C)CCN(C(=O)OC(C)(C)C)CCCCN(Cc2ccc(O)c3ncccc23)CC1. The number of benzene rings is 1. The summed E-state index contributed by atoms with van der Waals surface area (Å²) < 4.78 is 17.2. The van der Waals surface area contributed by atoms with Crippen LogP contribution in [0.25, 0.3) is 10.9 Å². The average Bonchev–Trinajstić information content (AvgIpc) is 2.95. The molecule has 2 heterocycles. The molecule has 0 radical (unpaired) electrons. The zero-order valence-corrected chi connectivity index (χ0v) is 30.5. The number of fused-ring (bicyclic) bond motifs is 1. The third-order valence-corrected chi connectivity index (χ3v) is 7.52. The van der Waals surface area contributed by atoms with Crippen LogP contribution in [0.1, 0.15) is 87.1 Å². The molecule has 1 aliphatic rings. The molecular weight excluding hydrogens is 614 g/mol. The molecule has 12 nitrogen and oxygen atoms in total. The Bertz CT molecular complexity index is 1380. The first-order valence-electron chi connectivity index (χ1n) is 17.0. The van der Waals surface area contributed by atoms with E-state index in [9.17, 15) is 19.5 Å². The van der Waals surface area contributed by atoms with Crippen molar-refractivity contribution in [1.82, 2.24) is 24.6 Å². The predicted molar refractivity (Wildman–Crippen MR) is 186 cm³/mol. The van der Waals surface area contributed by atoms with Gasteiger partial charge < -0.3 is 34.0 Å². The van der Waals surface area contributed by atoms with Crippen LogP contribution in [0.2, 0.25) is 0 Å². The molecule has 48 heavy (non-hydrogen) atoms. The molecule has 1 aliphatic heterocycles. The molecule has 2 aromatic rings. The van der Waals surface area contributed by atoms with Crippen molar-refractivity contribution < 1.29 is 33.7 Å². The number of aromatic hydroxyl groups is 1. The number of rotatable bonds is 2. The molecule has 0 bridgehead atoms. The number of phenols is 1. The van der Waals surface area contributed by atoms with Gasteiger partial charge >= 0.3 is 18.3 Å². The molecule has 0 spiro atoms. The average molecular weight is 672 g/mol. The molecule has 1 N–H and O–H groups in total. The Morgan fingerprint density at radius 3 is 1.60 bits per heavy atom. The number of phenolic OH excluding ortho intramolecular Hbond substituents is 1. The van der Waals surface area contributed by atoms with E-state index in [1.165, 1.54) is 0 Å². The lowest BCUT2D eigenvalue weighted by molar-refractivity contribution is 0.0118. The quantitative estimate of drug-likeness (QED) is 0.350. The molecule has 1 saturated heterocycles. The van der Waals surface area contributed by atoms with Gasteiger partial charge in [-0.15, -0.1) is 0 Å². The molecule has 268 valence electrons. The summed E-state index contributed by atoms with van der Waals surface area (Å²) in [7, 11) is 0. The maximum absolute atomic E-state index is 13.4. The van der Waals surface area contributed by atoms with Gasteiger partial charge in [0.05, 0.1) is 0 Å². The fourth-order valence-corrected chi connectivity index (χ4v) is 5.32. The predicted octanol–water partition coefficient (Wildman–Crippen LogP) is 6.64. The summed E-state index contributed by atoms with van der Waals surface area (Å²) in [6.45, 7) is 20.4. The summed E-state index contributed by atoms with van der Waals surface area (Å²) in [6, 6.07) is 7.39. The second-order valence-electron chi connectivity index (χ2n) is 15.4. The minimum atomic E-state index is -0.691. The monoisotopic (exact) mass is 671 g/mol. The number of amides is 3. The smallest absolute Gasteiger partial charge is 0.410 e. The molecule has 0 aliphatic carbocycles. The first-order chi connectivity index (χ1) is 22.3. The standard InChI is InChI=1S/C36H57N5O7/c1-34(2,3)46-31(43)39-19-11-10-18-38(26-27-15-16-29(42)30-28(27)14-12-17-37-30)22-23-40(32(44)47-35(4,5)6)20-13-21-41(25-24-39)33(45)48-36(7,8)9/h12,14-17,42H,10-11,13,18-26H2,1-9H3. The zero-order valence-electron chi connectivity index (χ0n) is 30.5. The normalized spacial score (nSPS) is 17.0. The second kappa shape index (κ2) is 16.5.